The summed E-state index contributed by atoms with van der Waals surface area (Å²) in [6.07, 6.45) is 0. The van der Waals surface area contributed by atoms with Crippen molar-refractivity contribution < 1.29 is 9.53 Å². The smallest absolute Gasteiger partial charge is 0.274 e. The molecule has 0 atom stereocenters. The zero-order chi connectivity index (χ0) is 18.8. The summed E-state index contributed by atoms with van der Waals surface area (Å²) in [4.78, 5) is 18.2. The lowest BCUT2D eigenvalue weighted by Gasteiger charge is -2.36. The Balaban J connectivity index is 1.46. The number of aryl methyl sites for hydroxylation is 1. The number of amides is 1. The monoisotopic (exact) mass is 382 g/mol. The first kappa shape index (κ1) is 17.6. The molecule has 1 fully saturated rings. The fourth-order valence-electron chi connectivity index (χ4n) is 3.43. The maximum atomic E-state index is 12.9. The van der Waals surface area contributed by atoms with Gasteiger partial charge in [0.25, 0.3) is 5.91 Å². The van der Waals surface area contributed by atoms with Crippen LogP contribution in [0.1, 0.15) is 10.5 Å². The first-order chi connectivity index (χ1) is 13.2. The van der Waals surface area contributed by atoms with Crippen LogP contribution < -0.4 is 9.64 Å². The summed E-state index contributed by atoms with van der Waals surface area (Å²) in [6, 6.07) is 13.9. The number of hydrogen-bond donors (Lipinski definition) is 0. The van der Waals surface area contributed by atoms with Crippen molar-refractivity contribution in [1.82, 2.24) is 14.7 Å². The van der Waals surface area contributed by atoms with Crippen LogP contribution >= 0.6 is 11.3 Å². The molecular weight excluding hydrogens is 360 g/mol. The van der Waals surface area contributed by atoms with Gasteiger partial charge in [0, 0.05) is 33.2 Å². The number of thiophene rings is 1. The van der Waals surface area contributed by atoms with Crippen molar-refractivity contribution in [3.8, 4) is 16.3 Å². The van der Waals surface area contributed by atoms with E-state index in [1.165, 1.54) is 0 Å². The number of aromatic nitrogens is 2. The van der Waals surface area contributed by atoms with Gasteiger partial charge in [0.15, 0.2) is 5.69 Å². The first-order valence-corrected chi connectivity index (χ1v) is 9.80. The van der Waals surface area contributed by atoms with Crippen molar-refractivity contribution in [3.63, 3.8) is 0 Å². The molecule has 0 N–H and O–H groups in total. The Bertz CT molecular complexity index is 927. The molecule has 1 aliphatic heterocycles. The molecule has 0 aliphatic carbocycles. The fourth-order valence-corrected chi connectivity index (χ4v) is 4.20. The normalized spacial score (nSPS) is 14.4. The number of para-hydroxylation sites is 2. The number of piperazine rings is 1. The highest BCUT2D eigenvalue weighted by molar-refractivity contribution is 7.13. The molecule has 0 spiro atoms. The van der Waals surface area contributed by atoms with Gasteiger partial charge in [0.2, 0.25) is 0 Å². The van der Waals surface area contributed by atoms with Crippen molar-refractivity contribution in [2.75, 3.05) is 38.2 Å². The van der Waals surface area contributed by atoms with E-state index in [4.69, 9.17) is 4.74 Å². The number of carbonyl (C=O) groups excluding carboxylic acids is 1. The molecule has 7 heteroatoms. The van der Waals surface area contributed by atoms with E-state index in [9.17, 15) is 4.79 Å². The second-order valence-electron chi connectivity index (χ2n) is 6.47. The Morgan fingerprint density at radius 3 is 2.59 bits per heavy atom. The number of benzene rings is 1. The quantitative estimate of drug-likeness (QED) is 0.696. The zero-order valence-electron chi connectivity index (χ0n) is 15.5. The van der Waals surface area contributed by atoms with Crippen LogP contribution in [0.4, 0.5) is 5.69 Å². The van der Waals surface area contributed by atoms with E-state index in [2.05, 4.69) is 16.1 Å². The zero-order valence-corrected chi connectivity index (χ0v) is 16.3. The Kier molecular flexibility index (Phi) is 4.85. The molecule has 0 unspecified atom stereocenters. The van der Waals surface area contributed by atoms with Gasteiger partial charge < -0.3 is 14.5 Å². The van der Waals surface area contributed by atoms with Gasteiger partial charge in [0.1, 0.15) is 5.75 Å². The molecule has 0 saturated carbocycles. The molecule has 0 radical (unpaired) electrons. The third-order valence-electron chi connectivity index (χ3n) is 4.87. The average Bonchev–Trinajstić information content (AvgIpc) is 3.37. The lowest BCUT2D eigenvalue weighted by molar-refractivity contribution is 0.0740. The highest BCUT2D eigenvalue weighted by Gasteiger charge is 2.25. The summed E-state index contributed by atoms with van der Waals surface area (Å²) in [5.41, 5.74) is 2.55. The van der Waals surface area contributed by atoms with Crippen LogP contribution in [-0.4, -0.2) is 53.9 Å². The molecule has 1 aliphatic rings. The molecule has 4 rings (SSSR count). The number of rotatable bonds is 4. The second-order valence-corrected chi connectivity index (χ2v) is 7.41. The molecular formula is C20H22N4O2S. The predicted octanol–water partition coefficient (Wildman–Crippen LogP) is 3.12. The van der Waals surface area contributed by atoms with E-state index in [0.29, 0.717) is 18.8 Å². The lowest BCUT2D eigenvalue weighted by atomic mass is 10.2. The van der Waals surface area contributed by atoms with Gasteiger partial charge in [-0.25, -0.2) is 0 Å². The van der Waals surface area contributed by atoms with Crippen molar-refractivity contribution >= 4 is 22.9 Å². The standard InChI is InChI=1S/C20H22N4O2S/c1-22-17(19-8-5-13-27-19)14-15(21-22)20(25)24-11-9-23(10-12-24)16-6-3-4-7-18(16)26-2/h3-8,13-14H,9-12H2,1-2H3. The van der Waals surface area contributed by atoms with Crippen LogP contribution in [0.2, 0.25) is 0 Å². The van der Waals surface area contributed by atoms with E-state index in [-0.39, 0.29) is 5.91 Å². The molecule has 2 aromatic heterocycles. The highest BCUT2D eigenvalue weighted by Crippen LogP contribution is 2.29. The summed E-state index contributed by atoms with van der Waals surface area (Å²) in [5, 5.41) is 6.47. The number of carbonyl (C=O) groups is 1. The van der Waals surface area contributed by atoms with Crippen molar-refractivity contribution in [2.24, 2.45) is 7.05 Å². The third-order valence-corrected chi connectivity index (χ3v) is 5.76. The maximum Gasteiger partial charge on any atom is 0.274 e. The van der Waals surface area contributed by atoms with Crippen LogP contribution in [0.15, 0.2) is 47.8 Å². The van der Waals surface area contributed by atoms with Crippen molar-refractivity contribution in [1.29, 1.82) is 0 Å². The van der Waals surface area contributed by atoms with Gasteiger partial charge in [-0.1, -0.05) is 18.2 Å². The Hall–Kier alpha value is -2.80. The third kappa shape index (κ3) is 3.42. The number of nitrogens with zero attached hydrogens (tertiary/aromatic N) is 4. The van der Waals surface area contributed by atoms with Crippen LogP contribution in [0, 0.1) is 0 Å². The summed E-state index contributed by atoms with van der Waals surface area (Å²) < 4.78 is 7.24. The minimum atomic E-state index is -0.00640. The predicted molar refractivity (Wildman–Crippen MR) is 108 cm³/mol. The molecule has 1 saturated heterocycles. The van der Waals surface area contributed by atoms with Gasteiger partial charge in [-0.3, -0.25) is 9.48 Å². The highest BCUT2D eigenvalue weighted by atomic mass is 32.1. The SMILES string of the molecule is COc1ccccc1N1CCN(C(=O)c2cc(-c3cccs3)n(C)n2)CC1. The van der Waals surface area contributed by atoms with E-state index in [0.717, 1.165) is 35.1 Å². The Morgan fingerprint density at radius 1 is 1.11 bits per heavy atom. The maximum absolute atomic E-state index is 12.9. The molecule has 6 nitrogen and oxygen atoms in total. The molecule has 0 bridgehead atoms. The number of hydrogen-bond acceptors (Lipinski definition) is 5. The van der Waals surface area contributed by atoms with Crippen LogP contribution in [0.5, 0.6) is 5.75 Å². The topological polar surface area (TPSA) is 50.6 Å². The number of ether oxygens (including phenoxy) is 1. The van der Waals surface area contributed by atoms with Crippen LogP contribution in [-0.2, 0) is 7.05 Å². The Labute approximate surface area is 162 Å². The number of methoxy groups -OCH3 is 1. The van der Waals surface area contributed by atoms with E-state index in [1.807, 2.05) is 53.7 Å². The molecule has 3 aromatic rings. The average molecular weight is 382 g/mol. The molecule has 27 heavy (non-hydrogen) atoms. The summed E-state index contributed by atoms with van der Waals surface area (Å²) in [6.45, 7) is 2.89. The van der Waals surface area contributed by atoms with Crippen LogP contribution in [0.3, 0.4) is 0 Å². The van der Waals surface area contributed by atoms with Crippen LogP contribution in [0.25, 0.3) is 10.6 Å². The molecule has 140 valence electrons. The summed E-state index contributed by atoms with van der Waals surface area (Å²) in [7, 11) is 3.57. The summed E-state index contributed by atoms with van der Waals surface area (Å²) in [5.74, 6) is 0.857. The van der Waals surface area contributed by atoms with E-state index in [1.54, 1.807) is 23.1 Å². The molecule has 3 heterocycles. The second kappa shape index (κ2) is 7.44. The fraction of sp³-hybridized carbons (Fsp3) is 0.300. The molecule has 1 amide bonds. The number of anilines is 1. The van der Waals surface area contributed by atoms with Gasteiger partial charge in [-0.2, -0.15) is 5.10 Å². The minimum absolute atomic E-state index is 0.00640. The van der Waals surface area contributed by atoms with Gasteiger partial charge >= 0.3 is 0 Å². The van der Waals surface area contributed by atoms with E-state index >= 15 is 0 Å². The van der Waals surface area contributed by atoms with Gasteiger partial charge in [-0.15, -0.1) is 11.3 Å². The van der Waals surface area contributed by atoms with Gasteiger partial charge in [-0.05, 0) is 29.6 Å². The minimum Gasteiger partial charge on any atom is -0.495 e. The van der Waals surface area contributed by atoms with E-state index < -0.39 is 0 Å². The van der Waals surface area contributed by atoms with Crippen molar-refractivity contribution in [3.05, 3.63) is 53.5 Å². The largest absolute Gasteiger partial charge is 0.495 e. The lowest BCUT2D eigenvalue weighted by Crippen LogP contribution is -2.49. The molecule has 1 aromatic carbocycles. The first-order valence-electron chi connectivity index (χ1n) is 8.92. The van der Waals surface area contributed by atoms with Gasteiger partial charge in [0.05, 0.1) is 23.4 Å². The summed E-state index contributed by atoms with van der Waals surface area (Å²) >= 11 is 1.65. The Morgan fingerprint density at radius 2 is 1.89 bits per heavy atom. The van der Waals surface area contributed by atoms with Crippen molar-refractivity contribution in [2.45, 2.75) is 0 Å².